The van der Waals surface area contributed by atoms with E-state index in [4.69, 9.17) is 4.42 Å². The molecule has 8 nitrogen and oxygen atoms in total. The Morgan fingerprint density at radius 1 is 1.00 bits per heavy atom. The fourth-order valence-electron chi connectivity index (χ4n) is 2.85. The van der Waals surface area contributed by atoms with Crippen LogP contribution < -0.4 is 10.2 Å². The molecule has 1 aliphatic heterocycles. The number of rotatable bonds is 4. The quantitative estimate of drug-likeness (QED) is 0.771. The zero-order chi connectivity index (χ0) is 17.8. The largest absolute Gasteiger partial charge is 0.472 e. The Morgan fingerprint density at radius 3 is 2.46 bits per heavy atom. The van der Waals surface area contributed by atoms with Gasteiger partial charge in [-0.15, -0.1) is 10.2 Å². The summed E-state index contributed by atoms with van der Waals surface area (Å²) in [6.45, 7) is 2.72. The fourth-order valence-corrected chi connectivity index (χ4v) is 2.85. The van der Waals surface area contributed by atoms with Crippen molar-refractivity contribution in [1.82, 2.24) is 20.1 Å². The summed E-state index contributed by atoms with van der Waals surface area (Å²) in [7, 11) is 0. The monoisotopic (exact) mass is 350 g/mol. The molecule has 0 radical (unpaired) electrons. The van der Waals surface area contributed by atoms with Crippen molar-refractivity contribution in [3.8, 4) is 0 Å². The van der Waals surface area contributed by atoms with Gasteiger partial charge in [0.1, 0.15) is 6.26 Å². The summed E-state index contributed by atoms with van der Waals surface area (Å²) < 4.78 is 4.99. The van der Waals surface area contributed by atoms with Crippen LogP contribution in [0.3, 0.4) is 0 Å². The molecule has 1 aliphatic rings. The number of carbonyl (C=O) groups is 1. The number of carbonyl (C=O) groups excluding carboxylic acids is 1. The van der Waals surface area contributed by atoms with Crippen molar-refractivity contribution in [1.29, 1.82) is 0 Å². The molecule has 0 spiro atoms. The minimum atomic E-state index is 0.00128. The Balaban J connectivity index is 1.35. The van der Waals surface area contributed by atoms with E-state index in [2.05, 4.69) is 25.4 Å². The smallest absolute Gasteiger partial charge is 0.257 e. The third-order valence-corrected chi connectivity index (χ3v) is 4.26. The molecule has 0 bridgehead atoms. The van der Waals surface area contributed by atoms with Gasteiger partial charge in [0.15, 0.2) is 11.6 Å². The van der Waals surface area contributed by atoms with E-state index in [1.165, 1.54) is 12.5 Å². The lowest BCUT2D eigenvalue weighted by Gasteiger charge is -2.35. The van der Waals surface area contributed by atoms with E-state index in [-0.39, 0.29) is 5.91 Å². The molecule has 0 atom stereocenters. The Labute approximate surface area is 150 Å². The average Bonchev–Trinajstić information content (AvgIpc) is 3.24. The standard InChI is InChI=1S/C18H18N6O2/c25-18(14-5-12-26-13-14)24-10-8-23(9-11-24)17-2-1-16(21-22-17)20-15-3-6-19-7-4-15/h1-7,12-13H,8-11H2,(H,19,20,21). The average molecular weight is 350 g/mol. The highest BCUT2D eigenvalue weighted by Crippen LogP contribution is 2.18. The van der Waals surface area contributed by atoms with E-state index in [1.807, 2.05) is 29.2 Å². The predicted molar refractivity (Wildman–Crippen MR) is 96.4 cm³/mol. The van der Waals surface area contributed by atoms with Crippen LogP contribution in [0.4, 0.5) is 17.3 Å². The Bertz CT molecular complexity index is 843. The number of nitrogens with zero attached hydrogens (tertiary/aromatic N) is 5. The summed E-state index contributed by atoms with van der Waals surface area (Å²) in [6, 6.07) is 9.25. The molecule has 3 aromatic heterocycles. The highest BCUT2D eigenvalue weighted by atomic mass is 16.3. The van der Waals surface area contributed by atoms with Crippen LogP contribution >= 0.6 is 0 Å². The first-order chi connectivity index (χ1) is 12.8. The second-order valence-electron chi connectivity index (χ2n) is 5.93. The van der Waals surface area contributed by atoms with Crippen molar-refractivity contribution < 1.29 is 9.21 Å². The first kappa shape index (κ1) is 16.1. The normalized spacial score (nSPS) is 14.3. The number of hydrogen-bond acceptors (Lipinski definition) is 7. The third kappa shape index (κ3) is 3.49. The molecule has 0 aliphatic carbocycles. The minimum Gasteiger partial charge on any atom is -0.472 e. The first-order valence-corrected chi connectivity index (χ1v) is 8.37. The molecule has 4 heterocycles. The maximum absolute atomic E-state index is 12.3. The number of piperazine rings is 1. The Kier molecular flexibility index (Phi) is 4.46. The third-order valence-electron chi connectivity index (χ3n) is 4.26. The van der Waals surface area contributed by atoms with E-state index in [1.54, 1.807) is 18.5 Å². The van der Waals surface area contributed by atoms with Crippen LogP contribution in [0, 0.1) is 0 Å². The molecule has 1 N–H and O–H groups in total. The van der Waals surface area contributed by atoms with Crippen molar-refractivity contribution in [2.45, 2.75) is 0 Å². The zero-order valence-electron chi connectivity index (χ0n) is 14.1. The molecule has 26 heavy (non-hydrogen) atoms. The number of anilines is 3. The number of pyridine rings is 1. The van der Waals surface area contributed by atoms with Gasteiger partial charge in [0, 0.05) is 44.3 Å². The molecule has 0 aromatic carbocycles. The topological polar surface area (TPSA) is 87.4 Å². The van der Waals surface area contributed by atoms with Crippen molar-refractivity contribution in [2.75, 3.05) is 36.4 Å². The van der Waals surface area contributed by atoms with Crippen molar-refractivity contribution >= 4 is 23.2 Å². The maximum Gasteiger partial charge on any atom is 0.257 e. The Morgan fingerprint density at radius 2 is 1.81 bits per heavy atom. The van der Waals surface area contributed by atoms with Crippen LogP contribution in [-0.4, -0.2) is 52.2 Å². The van der Waals surface area contributed by atoms with Gasteiger partial charge in [0.25, 0.3) is 5.91 Å². The predicted octanol–water partition coefficient (Wildman–Crippen LogP) is 2.17. The summed E-state index contributed by atoms with van der Waals surface area (Å²) in [5.41, 5.74) is 1.50. The molecule has 1 amide bonds. The molecule has 132 valence electrons. The van der Waals surface area contributed by atoms with Crippen LogP contribution in [0.2, 0.25) is 0 Å². The van der Waals surface area contributed by atoms with E-state index in [0.29, 0.717) is 24.5 Å². The van der Waals surface area contributed by atoms with Gasteiger partial charge < -0.3 is 19.5 Å². The van der Waals surface area contributed by atoms with Gasteiger partial charge in [-0.2, -0.15) is 0 Å². The lowest BCUT2D eigenvalue weighted by molar-refractivity contribution is 0.0746. The van der Waals surface area contributed by atoms with Crippen molar-refractivity contribution in [3.63, 3.8) is 0 Å². The lowest BCUT2D eigenvalue weighted by atomic mass is 10.2. The second-order valence-corrected chi connectivity index (χ2v) is 5.93. The summed E-state index contributed by atoms with van der Waals surface area (Å²) in [6.07, 6.45) is 6.43. The summed E-state index contributed by atoms with van der Waals surface area (Å²) in [5, 5.41) is 11.7. The van der Waals surface area contributed by atoms with Gasteiger partial charge in [-0.05, 0) is 30.3 Å². The first-order valence-electron chi connectivity index (χ1n) is 8.37. The van der Waals surface area contributed by atoms with E-state index < -0.39 is 0 Å². The summed E-state index contributed by atoms with van der Waals surface area (Å²) in [4.78, 5) is 20.3. The number of nitrogens with one attached hydrogen (secondary N) is 1. The minimum absolute atomic E-state index is 0.00128. The van der Waals surface area contributed by atoms with E-state index >= 15 is 0 Å². The molecular formula is C18H18N6O2. The van der Waals surface area contributed by atoms with Crippen LogP contribution in [0.25, 0.3) is 0 Å². The fraction of sp³-hybridized carbons (Fsp3) is 0.222. The van der Waals surface area contributed by atoms with Crippen LogP contribution in [-0.2, 0) is 0 Å². The molecule has 1 fully saturated rings. The molecular weight excluding hydrogens is 332 g/mol. The van der Waals surface area contributed by atoms with Gasteiger partial charge in [-0.3, -0.25) is 9.78 Å². The van der Waals surface area contributed by atoms with E-state index in [0.717, 1.165) is 24.6 Å². The number of furan rings is 1. The summed E-state index contributed by atoms with van der Waals surface area (Å²) in [5.74, 6) is 1.48. The number of aromatic nitrogens is 3. The summed E-state index contributed by atoms with van der Waals surface area (Å²) >= 11 is 0. The number of hydrogen-bond donors (Lipinski definition) is 1. The van der Waals surface area contributed by atoms with Crippen LogP contribution in [0.15, 0.2) is 59.7 Å². The van der Waals surface area contributed by atoms with Gasteiger partial charge >= 0.3 is 0 Å². The molecule has 0 unspecified atom stereocenters. The molecule has 8 heteroatoms. The highest BCUT2D eigenvalue weighted by Gasteiger charge is 2.23. The van der Waals surface area contributed by atoms with Crippen molar-refractivity contribution in [2.24, 2.45) is 0 Å². The zero-order valence-corrected chi connectivity index (χ0v) is 14.1. The molecule has 3 aromatic rings. The van der Waals surface area contributed by atoms with Gasteiger partial charge in [-0.1, -0.05) is 0 Å². The maximum atomic E-state index is 12.3. The molecule has 1 saturated heterocycles. The Hall–Kier alpha value is -3.42. The van der Waals surface area contributed by atoms with Gasteiger partial charge in [0.05, 0.1) is 11.8 Å². The SMILES string of the molecule is O=C(c1ccoc1)N1CCN(c2ccc(Nc3ccncc3)nn2)CC1. The van der Waals surface area contributed by atoms with Crippen LogP contribution in [0.1, 0.15) is 10.4 Å². The van der Waals surface area contributed by atoms with Gasteiger partial charge in [-0.25, -0.2) is 0 Å². The molecule has 4 rings (SSSR count). The molecule has 0 saturated carbocycles. The van der Waals surface area contributed by atoms with Crippen LogP contribution in [0.5, 0.6) is 0 Å². The number of amides is 1. The second kappa shape index (κ2) is 7.22. The lowest BCUT2D eigenvalue weighted by Crippen LogP contribution is -2.49. The highest BCUT2D eigenvalue weighted by molar-refractivity contribution is 5.94. The van der Waals surface area contributed by atoms with Gasteiger partial charge in [0.2, 0.25) is 0 Å². The van der Waals surface area contributed by atoms with Crippen molar-refractivity contribution in [3.05, 3.63) is 60.8 Å². The van der Waals surface area contributed by atoms with E-state index in [9.17, 15) is 4.79 Å².